The molecule has 12 nitrogen and oxygen atoms in total. The van der Waals surface area contributed by atoms with Gasteiger partial charge in [0.15, 0.2) is 0 Å². The number of hydrogen-bond donors (Lipinski definition) is 4. The summed E-state index contributed by atoms with van der Waals surface area (Å²) >= 11 is 5.25. The third-order valence-corrected chi connectivity index (χ3v) is 8.30. The van der Waals surface area contributed by atoms with Crippen molar-refractivity contribution in [2.75, 3.05) is 23.9 Å². The molecule has 0 saturated heterocycles. The Labute approximate surface area is 283 Å². The van der Waals surface area contributed by atoms with E-state index in [0.29, 0.717) is 29.6 Å². The lowest BCUT2D eigenvalue weighted by Gasteiger charge is -2.19. The molecule has 2 aromatic carbocycles. The Kier molecular flexibility index (Phi) is 15.9. The van der Waals surface area contributed by atoms with Crippen LogP contribution in [-0.2, 0) is 33.5 Å². The summed E-state index contributed by atoms with van der Waals surface area (Å²) in [7, 11) is 0. The Morgan fingerprint density at radius 2 is 1.36 bits per heavy atom. The standard InChI is InChI=1S/C30H33F2N3O9S3/c1-5-43-27(39)24(34-16(3)37)13-46-29(41)21-10-18(20-8-7-19(31)11-22(20)32)6-9-26(21)44-28(40)25(35-17(4)38)14-47-30(42)23(12-45)33-15(2)36/h6-11,23-25,45H,5,12-14H2,1-4H3,(H,33,36)(H,34,37)(H,35,38). The van der Waals surface area contributed by atoms with E-state index >= 15 is 0 Å². The second kappa shape index (κ2) is 19.0. The first-order valence-corrected chi connectivity index (χ1v) is 16.5. The van der Waals surface area contributed by atoms with Gasteiger partial charge in [0.2, 0.25) is 28.0 Å². The Bertz CT molecular complexity index is 1530. The van der Waals surface area contributed by atoms with Gasteiger partial charge in [-0.2, -0.15) is 12.6 Å². The number of ether oxygens (including phenoxy) is 2. The number of amides is 3. The van der Waals surface area contributed by atoms with Crippen LogP contribution in [0.3, 0.4) is 0 Å². The lowest BCUT2D eigenvalue weighted by Crippen LogP contribution is -2.45. The van der Waals surface area contributed by atoms with Crippen molar-refractivity contribution in [3.8, 4) is 16.9 Å². The highest BCUT2D eigenvalue weighted by Gasteiger charge is 2.29. The van der Waals surface area contributed by atoms with E-state index in [1.807, 2.05) is 0 Å². The first kappa shape index (κ1) is 39.2. The fourth-order valence-corrected chi connectivity index (χ4v) is 5.97. The zero-order chi connectivity index (χ0) is 35.3. The maximum atomic E-state index is 14.6. The number of carbonyl (C=O) groups excluding carboxylic acids is 7. The molecule has 0 saturated carbocycles. The van der Waals surface area contributed by atoms with Gasteiger partial charge in [-0.25, -0.2) is 18.4 Å². The molecule has 47 heavy (non-hydrogen) atoms. The van der Waals surface area contributed by atoms with Crippen LogP contribution < -0.4 is 20.7 Å². The van der Waals surface area contributed by atoms with Crippen molar-refractivity contribution in [1.82, 2.24) is 16.0 Å². The minimum atomic E-state index is -1.39. The van der Waals surface area contributed by atoms with E-state index in [2.05, 4.69) is 28.6 Å². The summed E-state index contributed by atoms with van der Waals surface area (Å²) in [4.78, 5) is 86.6. The predicted octanol–water partition coefficient (Wildman–Crippen LogP) is 2.68. The molecule has 3 amide bonds. The summed E-state index contributed by atoms with van der Waals surface area (Å²) < 4.78 is 38.7. The molecule has 0 bridgehead atoms. The van der Waals surface area contributed by atoms with Crippen molar-refractivity contribution in [1.29, 1.82) is 0 Å². The maximum absolute atomic E-state index is 14.6. The molecule has 3 atom stereocenters. The van der Waals surface area contributed by atoms with E-state index < -0.39 is 69.7 Å². The lowest BCUT2D eigenvalue weighted by atomic mass is 10.0. The number of thioether (sulfide) groups is 2. The highest BCUT2D eigenvalue weighted by molar-refractivity contribution is 8.14. The van der Waals surface area contributed by atoms with Gasteiger partial charge >= 0.3 is 11.9 Å². The zero-order valence-corrected chi connectivity index (χ0v) is 28.2. The first-order chi connectivity index (χ1) is 22.2. The summed E-state index contributed by atoms with van der Waals surface area (Å²) in [5.41, 5.74) is -0.221. The number of nitrogens with one attached hydrogen (secondary N) is 3. The molecule has 17 heteroatoms. The van der Waals surface area contributed by atoms with Gasteiger partial charge in [0, 0.05) is 49.7 Å². The van der Waals surface area contributed by atoms with Gasteiger partial charge in [0.1, 0.15) is 35.5 Å². The molecule has 3 N–H and O–H groups in total. The SMILES string of the molecule is CCOC(=O)C(CSC(=O)c1cc(-c2ccc(F)cc2F)ccc1OC(=O)C(CSC(=O)C(CS)NC(C)=O)NC(C)=O)NC(C)=O. The van der Waals surface area contributed by atoms with Crippen molar-refractivity contribution < 1.29 is 51.8 Å². The molecule has 254 valence electrons. The summed E-state index contributed by atoms with van der Waals surface area (Å²) in [5, 5.41) is 5.89. The molecular formula is C30H33F2N3O9S3. The van der Waals surface area contributed by atoms with Crippen LogP contribution in [0, 0.1) is 11.6 Å². The van der Waals surface area contributed by atoms with Crippen molar-refractivity contribution in [2.45, 2.75) is 45.8 Å². The normalized spacial score (nSPS) is 12.6. The maximum Gasteiger partial charge on any atom is 0.334 e. The minimum Gasteiger partial charge on any atom is -0.464 e. The topological polar surface area (TPSA) is 174 Å². The second-order valence-corrected chi connectivity index (χ2v) is 12.1. The first-order valence-electron chi connectivity index (χ1n) is 13.9. The van der Waals surface area contributed by atoms with E-state index in [1.54, 1.807) is 6.92 Å². The number of benzene rings is 2. The molecule has 0 heterocycles. The highest BCUT2D eigenvalue weighted by Crippen LogP contribution is 2.32. The third-order valence-electron chi connectivity index (χ3n) is 5.88. The van der Waals surface area contributed by atoms with E-state index in [1.165, 1.54) is 32.0 Å². The number of esters is 2. The third kappa shape index (κ3) is 12.6. The summed E-state index contributed by atoms with van der Waals surface area (Å²) in [6.07, 6.45) is 0. The number of hydrogen-bond acceptors (Lipinski definition) is 12. The molecule has 0 aliphatic heterocycles. The Hall–Kier alpha value is -3.96. The molecule has 0 radical (unpaired) electrons. The Morgan fingerprint density at radius 3 is 1.91 bits per heavy atom. The number of rotatable bonds is 15. The Balaban J connectivity index is 2.43. The van der Waals surface area contributed by atoms with Gasteiger partial charge in [0.25, 0.3) is 0 Å². The molecule has 2 aromatic rings. The molecule has 0 spiro atoms. The summed E-state index contributed by atoms with van der Waals surface area (Å²) in [5.74, 6) is -6.21. The van der Waals surface area contributed by atoms with Crippen LogP contribution in [0.25, 0.3) is 11.1 Å². The molecule has 2 rings (SSSR count). The number of thiol groups is 1. The van der Waals surface area contributed by atoms with Gasteiger partial charge in [-0.1, -0.05) is 29.6 Å². The van der Waals surface area contributed by atoms with E-state index in [4.69, 9.17) is 9.47 Å². The smallest absolute Gasteiger partial charge is 0.334 e. The van der Waals surface area contributed by atoms with Crippen LogP contribution in [0.1, 0.15) is 38.1 Å². The van der Waals surface area contributed by atoms with Crippen LogP contribution >= 0.6 is 36.2 Å². The van der Waals surface area contributed by atoms with Crippen LogP contribution in [0.15, 0.2) is 36.4 Å². The van der Waals surface area contributed by atoms with Gasteiger partial charge in [-0.15, -0.1) is 0 Å². The lowest BCUT2D eigenvalue weighted by molar-refractivity contribution is -0.146. The molecule has 3 unspecified atom stereocenters. The molecule has 0 aromatic heterocycles. The summed E-state index contributed by atoms with van der Waals surface area (Å²) in [6.45, 7) is 5.10. The van der Waals surface area contributed by atoms with E-state index in [9.17, 15) is 42.3 Å². The van der Waals surface area contributed by atoms with Crippen LogP contribution in [0.2, 0.25) is 0 Å². The quantitative estimate of drug-likeness (QED) is 0.121. The van der Waals surface area contributed by atoms with Crippen LogP contribution in [-0.4, -0.2) is 81.9 Å². The molecule has 0 fully saturated rings. The van der Waals surface area contributed by atoms with Gasteiger partial charge in [0.05, 0.1) is 12.2 Å². The fourth-order valence-electron chi connectivity index (χ4n) is 3.85. The van der Waals surface area contributed by atoms with Gasteiger partial charge < -0.3 is 25.4 Å². The average molecular weight is 714 g/mol. The van der Waals surface area contributed by atoms with E-state index in [0.717, 1.165) is 19.1 Å². The van der Waals surface area contributed by atoms with Crippen molar-refractivity contribution in [2.24, 2.45) is 0 Å². The van der Waals surface area contributed by atoms with Crippen molar-refractivity contribution in [3.63, 3.8) is 0 Å². The second-order valence-electron chi connectivity index (χ2n) is 9.68. The largest absolute Gasteiger partial charge is 0.464 e. The van der Waals surface area contributed by atoms with Gasteiger partial charge in [-0.05, 0) is 36.8 Å². The monoisotopic (exact) mass is 713 g/mol. The van der Waals surface area contributed by atoms with Crippen molar-refractivity contribution >= 4 is 76.0 Å². The number of halogens is 2. The molecular weight excluding hydrogens is 681 g/mol. The van der Waals surface area contributed by atoms with Crippen LogP contribution in [0.5, 0.6) is 5.75 Å². The highest BCUT2D eigenvalue weighted by atomic mass is 32.2. The average Bonchev–Trinajstić information content (AvgIpc) is 2.99. The van der Waals surface area contributed by atoms with Crippen LogP contribution in [0.4, 0.5) is 8.78 Å². The molecule has 0 aliphatic carbocycles. The molecule has 0 aliphatic rings. The van der Waals surface area contributed by atoms with E-state index in [-0.39, 0.29) is 46.3 Å². The van der Waals surface area contributed by atoms with Gasteiger partial charge in [-0.3, -0.25) is 24.0 Å². The minimum absolute atomic E-state index is 0.0147. The predicted molar refractivity (Wildman–Crippen MR) is 175 cm³/mol. The fraction of sp³-hybridized carbons (Fsp3) is 0.367. The zero-order valence-electron chi connectivity index (χ0n) is 25.7. The van der Waals surface area contributed by atoms with Crippen molar-refractivity contribution in [3.05, 3.63) is 53.6 Å². The summed E-state index contributed by atoms with van der Waals surface area (Å²) in [6, 6.07) is 2.96. The Morgan fingerprint density at radius 1 is 0.787 bits per heavy atom. The number of carbonyl (C=O) groups is 7.